The monoisotopic (exact) mass is 305 g/mol. The van der Waals surface area contributed by atoms with E-state index in [-0.39, 0.29) is 30.2 Å². The van der Waals surface area contributed by atoms with Crippen molar-refractivity contribution in [3.05, 3.63) is 22.9 Å². The number of carbonyl (C=O) groups is 1. The van der Waals surface area contributed by atoms with Gasteiger partial charge in [0.05, 0.1) is 18.3 Å². The molecule has 1 N–H and O–H groups in total. The average molecular weight is 305 g/mol. The van der Waals surface area contributed by atoms with E-state index in [9.17, 15) is 9.59 Å². The van der Waals surface area contributed by atoms with Crippen LogP contribution in [0, 0.1) is 0 Å². The largest absolute Gasteiger partial charge is 0.376 e. The Bertz CT molecular complexity index is 745. The zero-order valence-corrected chi connectivity index (χ0v) is 12.7. The van der Waals surface area contributed by atoms with Crippen LogP contribution in [0.15, 0.2) is 17.3 Å². The van der Waals surface area contributed by atoms with E-state index in [1.165, 1.54) is 21.8 Å². The lowest BCUT2D eigenvalue weighted by Crippen LogP contribution is -2.43. The Morgan fingerprint density at radius 2 is 2.41 bits per heavy atom. The van der Waals surface area contributed by atoms with E-state index in [2.05, 4.69) is 15.4 Å². The zero-order valence-electron chi connectivity index (χ0n) is 12.7. The second kappa shape index (κ2) is 5.88. The van der Waals surface area contributed by atoms with Crippen molar-refractivity contribution in [2.75, 3.05) is 6.61 Å². The lowest BCUT2D eigenvalue weighted by Gasteiger charge is -2.20. The Balaban J connectivity index is 1.71. The third-order valence-corrected chi connectivity index (χ3v) is 3.94. The molecule has 1 saturated heterocycles. The molecule has 8 heteroatoms. The van der Waals surface area contributed by atoms with Crippen LogP contribution in [0.3, 0.4) is 0 Å². The molecule has 3 rings (SSSR count). The molecule has 2 aromatic rings. The number of fused-ring (bicyclic) bond motifs is 1. The summed E-state index contributed by atoms with van der Waals surface area (Å²) in [6.45, 7) is 2.60. The summed E-state index contributed by atoms with van der Waals surface area (Å²) in [6, 6.07) is -0.0687. The minimum atomic E-state index is -0.266. The average Bonchev–Trinajstić information content (AvgIpc) is 3.12. The van der Waals surface area contributed by atoms with E-state index < -0.39 is 0 Å². The molecule has 1 fully saturated rings. The number of nitrogens with one attached hydrogen (secondary N) is 1. The number of rotatable bonds is 4. The minimum absolute atomic E-state index is 0.0552. The summed E-state index contributed by atoms with van der Waals surface area (Å²) in [6.07, 6.45) is 4.87. The summed E-state index contributed by atoms with van der Waals surface area (Å²) in [5.74, 6) is -0.227. The number of amides is 1. The van der Waals surface area contributed by atoms with Gasteiger partial charge in [-0.2, -0.15) is 5.10 Å². The van der Waals surface area contributed by atoms with Gasteiger partial charge in [0.15, 0.2) is 5.65 Å². The molecule has 0 aliphatic carbocycles. The van der Waals surface area contributed by atoms with E-state index in [1.54, 1.807) is 7.05 Å². The number of hydrogen-bond acceptors (Lipinski definition) is 5. The number of ether oxygens (including phenoxy) is 1. The number of aryl methyl sites for hydroxylation is 1. The maximum Gasteiger partial charge on any atom is 0.264 e. The van der Waals surface area contributed by atoms with E-state index in [0.717, 1.165) is 19.4 Å². The van der Waals surface area contributed by atoms with Gasteiger partial charge in [-0.05, 0) is 19.8 Å². The normalized spacial score (nSPS) is 19.5. The van der Waals surface area contributed by atoms with Crippen LogP contribution < -0.4 is 10.9 Å². The molecule has 118 valence electrons. The summed E-state index contributed by atoms with van der Waals surface area (Å²) in [5, 5.41) is 7.29. The molecule has 2 aromatic heterocycles. The van der Waals surface area contributed by atoms with E-state index in [0.29, 0.717) is 11.0 Å². The molecule has 1 aliphatic heterocycles. The second-order valence-corrected chi connectivity index (χ2v) is 5.59. The smallest absolute Gasteiger partial charge is 0.264 e. The Morgan fingerprint density at radius 1 is 1.59 bits per heavy atom. The zero-order chi connectivity index (χ0) is 15.7. The fourth-order valence-electron chi connectivity index (χ4n) is 2.72. The van der Waals surface area contributed by atoms with E-state index in [1.807, 2.05) is 6.92 Å². The molecule has 3 heterocycles. The van der Waals surface area contributed by atoms with Crippen molar-refractivity contribution in [2.24, 2.45) is 7.05 Å². The van der Waals surface area contributed by atoms with Gasteiger partial charge < -0.3 is 10.1 Å². The maximum absolute atomic E-state index is 12.3. The van der Waals surface area contributed by atoms with Gasteiger partial charge in [0.1, 0.15) is 18.3 Å². The number of nitrogens with zero attached hydrogens (tertiary/aromatic N) is 4. The predicted molar refractivity (Wildman–Crippen MR) is 79.3 cm³/mol. The molecule has 0 aromatic carbocycles. The Hall–Kier alpha value is -2.22. The fourth-order valence-corrected chi connectivity index (χ4v) is 2.72. The van der Waals surface area contributed by atoms with Crippen molar-refractivity contribution in [3.63, 3.8) is 0 Å². The summed E-state index contributed by atoms with van der Waals surface area (Å²) >= 11 is 0. The molecular weight excluding hydrogens is 286 g/mol. The van der Waals surface area contributed by atoms with Crippen molar-refractivity contribution < 1.29 is 9.53 Å². The molecule has 2 atom stereocenters. The van der Waals surface area contributed by atoms with Crippen LogP contribution in [0.25, 0.3) is 11.0 Å². The molecular formula is C14H19N5O3. The van der Waals surface area contributed by atoms with Crippen LogP contribution in [0.1, 0.15) is 19.8 Å². The summed E-state index contributed by atoms with van der Waals surface area (Å²) in [4.78, 5) is 28.6. The van der Waals surface area contributed by atoms with Gasteiger partial charge >= 0.3 is 0 Å². The highest BCUT2D eigenvalue weighted by Gasteiger charge is 2.23. The lowest BCUT2D eigenvalue weighted by atomic mass is 10.1. The van der Waals surface area contributed by atoms with Crippen LogP contribution in [-0.4, -0.2) is 44.0 Å². The third-order valence-electron chi connectivity index (χ3n) is 3.94. The van der Waals surface area contributed by atoms with Crippen LogP contribution in [0.4, 0.5) is 0 Å². The molecule has 1 aliphatic rings. The Kier molecular flexibility index (Phi) is 3.93. The van der Waals surface area contributed by atoms with Gasteiger partial charge in [-0.1, -0.05) is 0 Å². The fraction of sp³-hybridized carbons (Fsp3) is 0.571. The first kappa shape index (κ1) is 14.7. The maximum atomic E-state index is 12.3. The number of carbonyl (C=O) groups excluding carboxylic acids is 1. The van der Waals surface area contributed by atoms with Gasteiger partial charge in [-0.15, -0.1) is 0 Å². The molecule has 2 unspecified atom stereocenters. The molecule has 0 bridgehead atoms. The molecule has 1 amide bonds. The molecule has 0 spiro atoms. The topological polar surface area (TPSA) is 91.0 Å². The molecule has 0 saturated carbocycles. The summed E-state index contributed by atoms with van der Waals surface area (Å²) < 4.78 is 8.36. The molecule has 8 nitrogen and oxygen atoms in total. The van der Waals surface area contributed by atoms with Crippen LogP contribution in [0.5, 0.6) is 0 Å². The van der Waals surface area contributed by atoms with Crippen molar-refractivity contribution in [2.45, 2.75) is 38.5 Å². The Morgan fingerprint density at radius 3 is 3.14 bits per heavy atom. The third kappa shape index (κ3) is 2.74. The quantitative estimate of drug-likeness (QED) is 0.845. The first-order valence-electron chi connectivity index (χ1n) is 7.34. The van der Waals surface area contributed by atoms with Gasteiger partial charge in [0.25, 0.3) is 5.56 Å². The summed E-state index contributed by atoms with van der Waals surface area (Å²) in [5.41, 5.74) is 0.243. The molecule has 0 radical (unpaired) electrons. The summed E-state index contributed by atoms with van der Waals surface area (Å²) in [7, 11) is 1.72. The van der Waals surface area contributed by atoms with Crippen molar-refractivity contribution in [1.29, 1.82) is 0 Å². The van der Waals surface area contributed by atoms with Gasteiger partial charge in [-0.25, -0.2) is 4.98 Å². The van der Waals surface area contributed by atoms with Crippen molar-refractivity contribution >= 4 is 16.9 Å². The number of hydrogen-bond donors (Lipinski definition) is 1. The van der Waals surface area contributed by atoms with Gasteiger partial charge in [0, 0.05) is 13.7 Å². The Labute approximate surface area is 127 Å². The minimum Gasteiger partial charge on any atom is -0.376 e. The van der Waals surface area contributed by atoms with E-state index >= 15 is 0 Å². The van der Waals surface area contributed by atoms with Crippen LogP contribution in [-0.2, 0) is 23.1 Å². The van der Waals surface area contributed by atoms with Gasteiger partial charge in [0.2, 0.25) is 5.91 Å². The second-order valence-electron chi connectivity index (χ2n) is 5.59. The SMILES string of the molecule is CC(NC(=O)Cn1cnc2c(cnn2C)c1=O)C1CCCO1. The predicted octanol–water partition coefficient (Wildman–Crippen LogP) is -0.186. The van der Waals surface area contributed by atoms with Crippen molar-refractivity contribution in [1.82, 2.24) is 24.6 Å². The molecule has 22 heavy (non-hydrogen) atoms. The highest BCUT2D eigenvalue weighted by molar-refractivity contribution is 5.77. The highest BCUT2D eigenvalue weighted by atomic mass is 16.5. The lowest BCUT2D eigenvalue weighted by molar-refractivity contribution is -0.123. The van der Waals surface area contributed by atoms with Crippen LogP contribution in [0.2, 0.25) is 0 Å². The van der Waals surface area contributed by atoms with Crippen LogP contribution >= 0.6 is 0 Å². The van der Waals surface area contributed by atoms with E-state index in [4.69, 9.17) is 4.74 Å². The number of aromatic nitrogens is 4. The first-order chi connectivity index (χ1) is 10.6. The van der Waals surface area contributed by atoms with Crippen molar-refractivity contribution in [3.8, 4) is 0 Å². The first-order valence-corrected chi connectivity index (χ1v) is 7.34. The standard InChI is InChI=1S/C14H19N5O3/c1-9(11-4-3-5-22-11)17-12(20)7-19-8-15-13-10(14(19)21)6-16-18(13)2/h6,8-9,11H,3-5,7H2,1-2H3,(H,17,20). The van der Waals surface area contributed by atoms with Gasteiger partial charge in [-0.3, -0.25) is 18.8 Å². The highest BCUT2D eigenvalue weighted by Crippen LogP contribution is 2.15.